The number of para-hydroxylation sites is 1. The molecular weight excluding hydrogens is 556 g/mol. The second-order valence-corrected chi connectivity index (χ2v) is 11.8. The topological polar surface area (TPSA) is 184 Å². The van der Waals surface area contributed by atoms with Crippen LogP contribution in [0.1, 0.15) is 40.8 Å². The SMILES string of the molecule is CC(NP(=O)(OC[C@H]1O[C@@H](n2ccc(=O)[nH]c2=O)[C@](C)(F)[C@@H]1OC(=O)OC(C)(C)C)Oc1ccccc1)C(=O)O. The maximum atomic E-state index is 16.3. The molecule has 6 atom stereocenters. The first kappa shape index (κ1) is 31.0. The number of aliphatic carboxylic acids is 1. The maximum Gasteiger partial charge on any atom is 0.509 e. The van der Waals surface area contributed by atoms with Crippen molar-refractivity contribution in [1.29, 1.82) is 0 Å². The first-order valence-electron chi connectivity index (χ1n) is 12.1. The number of aromatic nitrogens is 2. The molecule has 1 aromatic carbocycles. The van der Waals surface area contributed by atoms with Crippen molar-refractivity contribution in [1.82, 2.24) is 14.6 Å². The highest BCUT2D eigenvalue weighted by Crippen LogP contribution is 2.48. The van der Waals surface area contributed by atoms with E-state index in [9.17, 15) is 28.8 Å². The van der Waals surface area contributed by atoms with Crippen LogP contribution in [0.5, 0.6) is 5.75 Å². The van der Waals surface area contributed by atoms with Crippen molar-refractivity contribution in [2.24, 2.45) is 0 Å². The van der Waals surface area contributed by atoms with Gasteiger partial charge >= 0.3 is 25.6 Å². The summed E-state index contributed by atoms with van der Waals surface area (Å²) in [6.07, 6.45) is -5.30. The molecule has 0 spiro atoms. The molecule has 0 aliphatic carbocycles. The van der Waals surface area contributed by atoms with Crippen LogP contribution in [0.3, 0.4) is 0 Å². The van der Waals surface area contributed by atoms with Gasteiger partial charge in [0, 0.05) is 12.3 Å². The van der Waals surface area contributed by atoms with Crippen LogP contribution in [-0.4, -0.2) is 62.9 Å². The third kappa shape index (κ3) is 7.78. The van der Waals surface area contributed by atoms with E-state index in [1.807, 2.05) is 4.98 Å². The number of rotatable bonds is 10. The molecule has 1 aromatic heterocycles. The normalized spacial score (nSPS) is 25.0. The Morgan fingerprint density at radius 1 is 1.25 bits per heavy atom. The summed E-state index contributed by atoms with van der Waals surface area (Å²) in [4.78, 5) is 49.8. The van der Waals surface area contributed by atoms with Gasteiger partial charge in [0.05, 0.1) is 6.61 Å². The largest absolute Gasteiger partial charge is 0.509 e. The van der Waals surface area contributed by atoms with Gasteiger partial charge in [0.1, 0.15) is 23.5 Å². The van der Waals surface area contributed by atoms with Gasteiger partial charge in [0.15, 0.2) is 18.0 Å². The van der Waals surface area contributed by atoms with Gasteiger partial charge in [-0.15, -0.1) is 0 Å². The highest BCUT2D eigenvalue weighted by Gasteiger charge is 2.59. The van der Waals surface area contributed by atoms with Crippen LogP contribution in [0.15, 0.2) is 52.2 Å². The number of aromatic amines is 1. The van der Waals surface area contributed by atoms with Crippen LogP contribution in [-0.2, 0) is 28.1 Å². The van der Waals surface area contributed by atoms with E-state index in [-0.39, 0.29) is 5.75 Å². The number of nitrogens with zero attached hydrogens (tertiary/aromatic N) is 1. The lowest BCUT2D eigenvalue weighted by Gasteiger charge is -2.29. The molecule has 3 rings (SSSR count). The van der Waals surface area contributed by atoms with Crippen LogP contribution in [0, 0.1) is 0 Å². The lowest BCUT2D eigenvalue weighted by molar-refractivity contribution is -0.138. The highest BCUT2D eigenvalue weighted by atomic mass is 31.2. The number of nitrogens with one attached hydrogen (secondary N) is 2. The second kappa shape index (κ2) is 11.9. The number of hydrogen-bond donors (Lipinski definition) is 3. The zero-order chi connectivity index (χ0) is 29.9. The fraction of sp³-hybridized carbons (Fsp3) is 0.500. The summed E-state index contributed by atoms with van der Waals surface area (Å²) in [6.45, 7) is 6.11. The molecule has 0 saturated carbocycles. The smallest absolute Gasteiger partial charge is 0.480 e. The molecular formula is C24H31FN3O11P. The Bertz CT molecular complexity index is 1370. The van der Waals surface area contributed by atoms with Gasteiger partial charge in [-0.1, -0.05) is 18.2 Å². The lowest BCUT2D eigenvalue weighted by Crippen LogP contribution is -2.46. The van der Waals surface area contributed by atoms with Gasteiger partial charge < -0.3 is 23.8 Å². The van der Waals surface area contributed by atoms with Crippen molar-refractivity contribution in [2.75, 3.05) is 6.61 Å². The number of benzene rings is 1. The van der Waals surface area contributed by atoms with E-state index in [1.165, 1.54) is 19.1 Å². The van der Waals surface area contributed by atoms with E-state index in [2.05, 4.69) is 5.09 Å². The molecule has 1 saturated heterocycles. The zero-order valence-electron chi connectivity index (χ0n) is 22.4. The minimum absolute atomic E-state index is 0.0674. The summed E-state index contributed by atoms with van der Waals surface area (Å²) in [5.74, 6) is -1.30. The van der Waals surface area contributed by atoms with E-state index in [0.717, 1.165) is 23.8 Å². The monoisotopic (exact) mass is 587 g/mol. The predicted octanol–water partition coefficient (Wildman–Crippen LogP) is 2.75. The summed E-state index contributed by atoms with van der Waals surface area (Å²) in [7, 11) is -4.47. The van der Waals surface area contributed by atoms with E-state index in [1.54, 1.807) is 39.0 Å². The van der Waals surface area contributed by atoms with Gasteiger partial charge in [-0.25, -0.2) is 18.5 Å². The second-order valence-electron chi connectivity index (χ2n) is 10.1. The number of ether oxygens (including phenoxy) is 3. The van der Waals surface area contributed by atoms with Crippen molar-refractivity contribution < 1.29 is 46.9 Å². The Balaban J connectivity index is 1.93. The Labute approximate surface area is 227 Å². The molecule has 1 aliphatic rings. The molecule has 0 amide bonds. The molecule has 14 nitrogen and oxygen atoms in total. The van der Waals surface area contributed by atoms with E-state index < -0.39 is 73.5 Å². The number of carbonyl (C=O) groups is 2. The summed E-state index contributed by atoms with van der Waals surface area (Å²) < 4.78 is 57.6. The quantitative estimate of drug-likeness (QED) is 0.273. The Hall–Kier alpha value is -3.52. The van der Waals surface area contributed by atoms with Gasteiger partial charge in [-0.05, 0) is 46.8 Å². The Kier molecular flexibility index (Phi) is 9.24. The molecule has 40 heavy (non-hydrogen) atoms. The third-order valence-corrected chi connectivity index (χ3v) is 7.14. The van der Waals surface area contributed by atoms with Gasteiger partial charge in [0.25, 0.3) is 5.56 Å². The highest BCUT2D eigenvalue weighted by molar-refractivity contribution is 7.52. The average molecular weight is 587 g/mol. The molecule has 3 N–H and O–H groups in total. The van der Waals surface area contributed by atoms with Crippen molar-refractivity contribution >= 4 is 19.9 Å². The fourth-order valence-electron chi connectivity index (χ4n) is 3.69. The molecule has 0 radical (unpaired) electrons. The number of carbonyl (C=O) groups excluding carboxylic acids is 1. The lowest BCUT2D eigenvalue weighted by atomic mass is 9.98. The number of carboxylic acid groups (broad SMARTS) is 1. The number of alkyl halides is 1. The van der Waals surface area contributed by atoms with E-state index in [0.29, 0.717) is 0 Å². The molecule has 16 heteroatoms. The maximum absolute atomic E-state index is 16.3. The van der Waals surface area contributed by atoms with Crippen molar-refractivity contribution in [3.05, 3.63) is 63.4 Å². The van der Waals surface area contributed by atoms with E-state index >= 15 is 4.39 Å². The average Bonchev–Trinajstić information content (AvgIpc) is 3.06. The van der Waals surface area contributed by atoms with Gasteiger partial charge in [0.2, 0.25) is 0 Å². The zero-order valence-corrected chi connectivity index (χ0v) is 23.3. The summed E-state index contributed by atoms with van der Waals surface area (Å²) in [5.41, 5.74) is -5.35. The summed E-state index contributed by atoms with van der Waals surface area (Å²) >= 11 is 0. The first-order valence-corrected chi connectivity index (χ1v) is 13.6. The number of H-pyrrole nitrogens is 1. The molecule has 220 valence electrons. The number of halogens is 1. The molecule has 2 aromatic rings. The first-order chi connectivity index (χ1) is 18.5. The van der Waals surface area contributed by atoms with Crippen LogP contribution in [0.25, 0.3) is 0 Å². The summed E-state index contributed by atoms with van der Waals surface area (Å²) in [6, 6.07) is 7.28. The third-order valence-electron chi connectivity index (χ3n) is 5.50. The minimum Gasteiger partial charge on any atom is -0.480 e. The van der Waals surface area contributed by atoms with Crippen molar-refractivity contribution in [3.8, 4) is 5.75 Å². The molecule has 2 unspecified atom stereocenters. The standard InChI is InChI=1S/C24H31FN3O11P/c1-14(19(30)31)27-40(34,39-15-9-7-6-8-10-15)35-13-16-18(37-22(33)38-23(2,3)4)24(5,25)20(36-16)28-12-11-17(29)26-21(28)32/h6-12,14,16,18,20H,13H2,1-5H3,(H,27,34)(H,30,31)(H,26,29,32)/t14?,16-,18-,20-,24-,40?/m1/s1. The Morgan fingerprint density at radius 3 is 2.48 bits per heavy atom. The van der Waals surface area contributed by atoms with Gasteiger partial charge in [-0.2, -0.15) is 5.09 Å². The Morgan fingerprint density at radius 2 is 1.90 bits per heavy atom. The minimum atomic E-state index is -4.47. The van der Waals surface area contributed by atoms with Crippen LogP contribution in [0.2, 0.25) is 0 Å². The van der Waals surface area contributed by atoms with Crippen LogP contribution < -0.4 is 20.9 Å². The van der Waals surface area contributed by atoms with E-state index in [4.69, 9.17) is 23.3 Å². The number of carboxylic acids is 1. The van der Waals surface area contributed by atoms with Crippen LogP contribution >= 0.6 is 7.75 Å². The predicted molar refractivity (Wildman–Crippen MR) is 137 cm³/mol. The van der Waals surface area contributed by atoms with Crippen molar-refractivity contribution in [3.63, 3.8) is 0 Å². The summed E-state index contributed by atoms with van der Waals surface area (Å²) in [5, 5.41) is 11.6. The van der Waals surface area contributed by atoms with Crippen molar-refractivity contribution in [2.45, 2.75) is 70.4 Å². The van der Waals surface area contributed by atoms with Gasteiger partial charge in [-0.3, -0.25) is 23.7 Å². The molecule has 0 bridgehead atoms. The molecule has 2 heterocycles. The molecule has 1 aliphatic heterocycles. The fourth-order valence-corrected chi connectivity index (χ4v) is 5.20. The van der Waals surface area contributed by atoms with Crippen LogP contribution in [0.4, 0.5) is 9.18 Å². The molecule has 1 fully saturated rings. The number of hydrogen-bond acceptors (Lipinski definition) is 10.